The molecule has 12 nitrogen and oxygen atoms in total. The van der Waals surface area contributed by atoms with Crippen LogP contribution >= 0.6 is 0 Å². The average molecular weight is 492 g/mol. The van der Waals surface area contributed by atoms with E-state index < -0.39 is 15.1 Å². The smallest absolute Gasteiger partial charge is 0.282 e. The van der Waals surface area contributed by atoms with Crippen molar-refractivity contribution in [1.82, 2.24) is 28.5 Å². The van der Waals surface area contributed by atoms with Crippen LogP contribution in [0.15, 0.2) is 24.3 Å². The van der Waals surface area contributed by atoms with Gasteiger partial charge in [0.05, 0.1) is 16.3 Å². The highest BCUT2D eigenvalue weighted by Gasteiger charge is 2.36. The molecular formula is C21H29N7O5S. The molecule has 1 saturated carbocycles. The van der Waals surface area contributed by atoms with Gasteiger partial charge in [-0.3, -0.25) is 14.9 Å². The van der Waals surface area contributed by atoms with Gasteiger partial charge in [-0.25, -0.2) is 4.68 Å². The summed E-state index contributed by atoms with van der Waals surface area (Å²) in [5, 5.41) is 19.1. The maximum Gasteiger partial charge on any atom is 0.282 e. The number of rotatable bonds is 6. The molecule has 13 heteroatoms. The van der Waals surface area contributed by atoms with Crippen LogP contribution in [0, 0.1) is 17.0 Å². The summed E-state index contributed by atoms with van der Waals surface area (Å²) in [5.41, 5.74) is 0.940. The Morgan fingerprint density at radius 1 is 1.15 bits per heavy atom. The third-order valence-electron chi connectivity index (χ3n) is 6.69. The molecule has 1 aliphatic heterocycles. The minimum atomic E-state index is -3.59. The van der Waals surface area contributed by atoms with Gasteiger partial charge in [-0.2, -0.15) is 17.0 Å². The highest BCUT2D eigenvalue weighted by Crippen LogP contribution is 2.25. The summed E-state index contributed by atoms with van der Waals surface area (Å²) in [6.45, 7) is 2.59. The normalized spacial score (nSPS) is 18.4. The zero-order valence-electron chi connectivity index (χ0n) is 19.3. The number of piperazine rings is 1. The van der Waals surface area contributed by atoms with E-state index >= 15 is 0 Å². The van der Waals surface area contributed by atoms with Crippen LogP contribution in [0.3, 0.4) is 0 Å². The first-order chi connectivity index (χ1) is 16.2. The fraction of sp³-hybridized carbons (Fsp3) is 0.571. The monoisotopic (exact) mass is 491 g/mol. The van der Waals surface area contributed by atoms with Crippen molar-refractivity contribution in [2.45, 2.75) is 45.1 Å². The number of nitro groups is 1. The van der Waals surface area contributed by atoms with Crippen LogP contribution in [0.1, 0.15) is 48.3 Å². The molecular weight excluding hydrogens is 462 g/mol. The van der Waals surface area contributed by atoms with Crippen molar-refractivity contribution < 1.29 is 18.1 Å². The maximum atomic E-state index is 13.1. The number of carbonyl (C=O) groups excluding carboxylic acids is 1. The first-order valence-electron chi connectivity index (χ1n) is 11.4. The molecule has 1 aromatic heterocycles. The molecule has 2 fully saturated rings. The largest absolute Gasteiger partial charge is 0.335 e. The summed E-state index contributed by atoms with van der Waals surface area (Å²) in [6, 6.07) is 5.96. The van der Waals surface area contributed by atoms with E-state index in [4.69, 9.17) is 0 Å². The lowest BCUT2D eigenvalue weighted by atomic mass is 9.96. The quantitative estimate of drug-likeness (QED) is 0.444. The molecule has 0 radical (unpaired) electrons. The Kier molecular flexibility index (Phi) is 6.96. The fourth-order valence-corrected chi connectivity index (χ4v) is 6.17. The predicted molar refractivity (Wildman–Crippen MR) is 124 cm³/mol. The summed E-state index contributed by atoms with van der Waals surface area (Å²) in [5.74, 6) is -0.341. The molecule has 1 aromatic carbocycles. The van der Waals surface area contributed by atoms with Gasteiger partial charge in [0, 0.05) is 51.4 Å². The van der Waals surface area contributed by atoms with E-state index in [2.05, 4.69) is 10.3 Å². The highest BCUT2D eigenvalue weighted by atomic mass is 32.2. The first kappa shape index (κ1) is 24.2. The number of nitro benzene ring substituents is 1. The molecule has 0 spiro atoms. The number of non-ortho nitro benzene ring substituents is 1. The van der Waals surface area contributed by atoms with Gasteiger partial charge in [-0.05, 0) is 25.8 Å². The predicted octanol–water partition coefficient (Wildman–Crippen LogP) is 1.75. The zero-order chi connectivity index (χ0) is 24.5. The van der Waals surface area contributed by atoms with E-state index in [1.54, 1.807) is 31.0 Å². The van der Waals surface area contributed by atoms with Gasteiger partial charge < -0.3 is 4.90 Å². The van der Waals surface area contributed by atoms with E-state index in [1.165, 1.54) is 25.4 Å². The molecule has 0 bridgehead atoms. The van der Waals surface area contributed by atoms with Gasteiger partial charge in [0.2, 0.25) is 0 Å². The molecule has 1 aliphatic carbocycles. The number of aromatic nitrogens is 3. The zero-order valence-corrected chi connectivity index (χ0v) is 20.1. The van der Waals surface area contributed by atoms with Crippen LogP contribution < -0.4 is 0 Å². The lowest BCUT2D eigenvalue weighted by molar-refractivity contribution is -0.384. The molecule has 2 aromatic rings. The Balaban J connectivity index is 1.43. The van der Waals surface area contributed by atoms with E-state index in [9.17, 15) is 23.3 Å². The number of amides is 1. The van der Waals surface area contributed by atoms with E-state index in [0.717, 1.165) is 32.1 Å². The minimum absolute atomic E-state index is 0.0323. The average Bonchev–Trinajstić information content (AvgIpc) is 3.24. The molecule has 2 heterocycles. The van der Waals surface area contributed by atoms with Crippen molar-refractivity contribution in [3.8, 4) is 5.69 Å². The SMILES string of the molecule is Cc1c(C(=O)N2CCN(S(=O)(=O)N(C)C3CCCCC3)CC2)nnn1-c1cccc([N+](=O)[O-])c1. The van der Waals surface area contributed by atoms with Crippen LogP contribution in [-0.2, 0) is 10.2 Å². The van der Waals surface area contributed by atoms with Gasteiger partial charge in [0.25, 0.3) is 21.8 Å². The molecule has 1 saturated heterocycles. The Hall–Kier alpha value is -2.90. The number of nitrogens with zero attached hydrogens (tertiary/aromatic N) is 7. The molecule has 0 unspecified atom stereocenters. The second-order valence-corrected chi connectivity index (χ2v) is 10.7. The standard InChI is InChI=1S/C21H29N7O5S/c1-16-20(22-23-27(16)18-9-6-10-19(15-18)28(30)31)21(29)25-11-13-26(14-12-25)34(32,33)24(2)17-7-4-3-5-8-17/h6,9-10,15,17H,3-5,7-8,11-14H2,1-2H3. The van der Waals surface area contributed by atoms with Gasteiger partial charge in [0.15, 0.2) is 5.69 Å². The lowest BCUT2D eigenvalue weighted by Gasteiger charge is -2.38. The molecule has 4 rings (SSSR count). The maximum absolute atomic E-state index is 13.1. The molecule has 184 valence electrons. The van der Waals surface area contributed by atoms with E-state index in [-0.39, 0.29) is 49.5 Å². The van der Waals surface area contributed by atoms with Crippen LogP contribution in [0.25, 0.3) is 5.69 Å². The molecule has 0 atom stereocenters. The fourth-order valence-electron chi connectivity index (χ4n) is 4.60. The van der Waals surface area contributed by atoms with Gasteiger partial charge in [0.1, 0.15) is 0 Å². The Morgan fingerprint density at radius 2 is 1.82 bits per heavy atom. The van der Waals surface area contributed by atoms with Crippen LogP contribution in [0.2, 0.25) is 0 Å². The lowest BCUT2D eigenvalue weighted by Crippen LogP contribution is -2.55. The summed E-state index contributed by atoms with van der Waals surface area (Å²) in [6.07, 6.45) is 5.00. The van der Waals surface area contributed by atoms with Crippen LogP contribution in [0.5, 0.6) is 0 Å². The van der Waals surface area contributed by atoms with Crippen LogP contribution in [0.4, 0.5) is 5.69 Å². The number of benzene rings is 1. The van der Waals surface area contributed by atoms with Gasteiger partial charge >= 0.3 is 0 Å². The second-order valence-electron chi connectivity index (χ2n) is 8.72. The topological polar surface area (TPSA) is 135 Å². The first-order valence-corrected chi connectivity index (χ1v) is 12.8. The highest BCUT2D eigenvalue weighted by molar-refractivity contribution is 7.86. The molecule has 34 heavy (non-hydrogen) atoms. The number of carbonyl (C=O) groups is 1. The Morgan fingerprint density at radius 3 is 2.47 bits per heavy atom. The van der Waals surface area contributed by atoms with Crippen molar-refractivity contribution in [3.63, 3.8) is 0 Å². The van der Waals surface area contributed by atoms with Crippen molar-refractivity contribution in [2.24, 2.45) is 0 Å². The van der Waals surface area contributed by atoms with Gasteiger partial charge in [-0.1, -0.05) is 30.5 Å². The Bertz CT molecular complexity index is 1170. The summed E-state index contributed by atoms with van der Waals surface area (Å²) in [4.78, 5) is 25.2. The van der Waals surface area contributed by atoms with Gasteiger partial charge in [-0.15, -0.1) is 5.10 Å². The second kappa shape index (κ2) is 9.76. The third kappa shape index (κ3) is 4.68. The minimum Gasteiger partial charge on any atom is -0.335 e. The van der Waals surface area contributed by atoms with Crippen molar-refractivity contribution in [1.29, 1.82) is 0 Å². The summed E-state index contributed by atoms with van der Waals surface area (Å²) >= 11 is 0. The number of hydrogen-bond donors (Lipinski definition) is 0. The number of hydrogen-bond acceptors (Lipinski definition) is 7. The molecule has 0 N–H and O–H groups in total. The molecule has 1 amide bonds. The van der Waals surface area contributed by atoms with Crippen molar-refractivity contribution in [2.75, 3.05) is 33.2 Å². The van der Waals surface area contributed by atoms with E-state index in [0.29, 0.717) is 11.4 Å². The molecule has 2 aliphatic rings. The summed E-state index contributed by atoms with van der Waals surface area (Å²) in [7, 11) is -1.93. The summed E-state index contributed by atoms with van der Waals surface area (Å²) < 4.78 is 30.5. The van der Waals surface area contributed by atoms with Crippen molar-refractivity contribution >= 4 is 21.8 Å². The third-order valence-corrected chi connectivity index (χ3v) is 8.73. The van der Waals surface area contributed by atoms with Crippen LogP contribution in [-0.4, -0.2) is 87.0 Å². The van der Waals surface area contributed by atoms with Crippen molar-refractivity contribution in [3.05, 3.63) is 45.8 Å². The Labute approximate surface area is 198 Å². The van der Waals surface area contributed by atoms with E-state index in [1.807, 2.05) is 0 Å².